The molecule has 1 aromatic carbocycles. The van der Waals surface area contributed by atoms with Crippen LogP contribution in [0.5, 0.6) is 0 Å². The summed E-state index contributed by atoms with van der Waals surface area (Å²) in [6, 6.07) is 4.03. The van der Waals surface area contributed by atoms with Crippen LogP contribution in [0.25, 0.3) is 0 Å². The van der Waals surface area contributed by atoms with Gasteiger partial charge in [-0.3, -0.25) is 19.3 Å². The van der Waals surface area contributed by atoms with E-state index < -0.39 is 6.04 Å². The van der Waals surface area contributed by atoms with Gasteiger partial charge in [0.05, 0.1) is 17.2 Å². The van der Waals surface area contributed by atoms with Crippen molar-refractivity contribution in [1.29, 1.82) is 0 Å². The Labute approximate surface area is 110 Å². The number of hydrogen-bond acceptors (Lipinski definition) is 4. The average Bonchev–Trinajstić information content (AvgIpc) is 2.63. The molecule has 1 heterocycles. The van der Waals surface area contributed by atoms with Crippen LogP contribution in [0.4, 0.5) is 5.69 Å². The van der Waals surface area contributed by atoms with Gasteiger partial charge in [-0.05, 0) is 24.6 Å². The summed E-state index contributed by atoms with van der Waals surface area (Å²) < 4.78 is 0. The number of carbonyl (C=O) groups is 3. The summed E-state index contributed by atoms with van der Waals surface area (Å²) in [7, 11) is 1.43. The van der Waals surface area contributed by atoms with Crippen LogP contribution in [0.15, 0.2) is 18.2 Å². The Kier molecular flexibility index (Phi) is 3.35. The van der Waals surface area contributed by atoms with Crippen LogP contribution in [0.2, 0.25) is 0 Å². The number of hydrogen-bond donors (Lipinski definition) is 2. The Morgan fingerprint density at radius 2 is 1.95 bits per heavy atom. The molecule has 0 fully saturated rings. The molecule has 3 N–H and O–H groups in total. The van der Waals surface area contributed by atoms with Crippen molar-refractivity contribution in [3.8, 4) is 0 Å². The van der Waals surface area contributed by atoms with Crippen LogP contribution >= 0.6 is 0 Å². The lowest BCUT2D eigenvalue weighted by Crippen LogP contribution is -2.34. The molecule has 19 heavy (non-hydrogen) atoms. The van der Waals surface area contributed by atoms with Crippen molar-refractivity contribution in [3.63, 3.8) is 0 Å². The van der Waals surface area contributed by atoms with Gasteiger partial charge in [0.1, 0.15) is 0 Å². The van der Waals surface area contributed by atoms with Crippen LogP contribution in [-0.2, 0) is 4.79 Å². The number of rotatable bonds is 3. The predicted octanol–water partition coefficient (Wildman–Crippen LogP) is 0.588. The molecule has 6 nitrogen and oxygen atoms in total. The van der Waals surface area contributed by atoms with E-state index in [0.29, 0.717) is 23.2 Å². The third kappa shape index (κ3) is 2.22. The van der Waals surface area contributed by atoms with Crippen LogP contribution in [0, 0.1) is 0 Å². The summed E-state index contributed by atoms with van der Waals surface area (Å²) >= 11 is 0. The highest BCUT2D eigenvalue weighted by molar-refractivity contribution is 6.21. The van der Waals surface area contributed by atoms with Crippen molar-refractivity contribution < 1.29 is 14.4 Å². The number of amides is 3. The number of nitrogens with zero attached hydrogens (tertiary/aromatic N) is 1. The summed E-state index contributed by atoms with van der Waals surface area (Å²) in [5.74, 6) is -1.01. The molecule has 0 aromatic heterocycles. The van der Waals surface area contributed by atoms with Gasteiger partial charge in [0, 0.05) is 12.7 Å². The molecule has 1 aliphatic rings. The highest BCUT2D eigenvalue weighted by Gasteiger charge is 2.32. The molecule has 0 spiro atoms. The number of carbonyl (C=O) groups excluding carboxylic acids is 3. The fraction of sp³-hybridized carbons (Fsp3) is 0.308. The van der Waals surface area contributed by atoms with Crippen LogP contribution in [-0.4, -0.2) is 35.7 Å². The maximum Gasteiger partial charge on any atom is 0.261 e. The Hall–Kier alpha value is -2.21. The number of fused-ring (bicyclic) bond motifs is 1. The highest BCUT2D eigenvalue weighted by atomic mass is 16.2. The summed E-state index contributed by atoms with van der Waals surface area (Å²) in [6.07, 6.45) is 0.525. The van der Waals surface area contributed by atoms with Crippen LogP contribution < -0.4 is 11.1 Å². The Morgan fingerprint density at radius 1 is 1.32 bits per heavy atom. The molecule has 3 amide bonds. The molecule has 0 saturated heterocycles. The number of imide groups is 1. The number of nitrogens with one attached hydrogen (secondary N) is 1. The molecule has 100 valence electrons. The van der Waals surface area contributed by atoms with Gasteiger partial charge in [-0.2, -0.15) is 0 Å². The lowest BCUT2D eigenvalue weighted by molar-refractivity contribution is -0.117. The fourth-order valence-electron chi connectivity index (χ4n) is 1.86. The van der Waals surface area contributed by atoms with E-state index in [9.17, 15) is 14.4 Å². The monoisotopic (exact) mass is 261 g/mol. The number of nitrogens with two attached hydrogens (primary N) is 1. The van der Waals surface area contributed by atoms with Gasteiger partial charge in [0.2, 0.25) is 5.91 Å². The molecule has 0 aliphatic carbocycles. The first-order chi connectivity index (χ1) is 8.95. The molecule has 0 unspecified atom stereocenters. The van der Waals surface area contributed by atoms with E-state index in [2.05, 4.69) is 5.32 Å². The summed E-state index contributed by atoms with van der Waals surface area (Å²) in [4.78, 5) is 36.2. The Morgan fingerprint density at radius 3 is 2.58 bits per heavy atom. The molecule has 0 radical (unpaired) electrons. The van der Waals surface area contributed by atoms with E-state index in [1.807, 2.05) is 6.92 Å². The smallest absolute Gasteiger partial charge is 0.261 e. The third-order valence-corrected chi connectivity index (χ3v) is 3.13. The van der Waals surface area contributed by atoms with E-state index >= 15 is 0 Å². The van der Waals surface area contributed by atoms with Crippen molar-refractivity contribution in [2.75, 3.05) is 12.4 Å². The number of benzene rings is 1. The first-order valence-corrected chi connectivity index (χ1v) is 5.98. The molecule has 0 bridgehead atoms. The SMILES string of the molecule is CC[C@@H](N)C(=O)Nc1ccc2c(c1)C(=O)N(C)C2=O. The minimum Gasteiger partial charge on any atom is -0.325 e. The zero-order chi connectivity index (χ0) is 14.2. The van der Waals surface area contributed by atoms with Crippen molar-refractivity contribution in [1.82, 2.24) is 4.90 Å². The molecular weight excluding hydrogens is 246 g/mol. The molecule has 6 heteroatoms. The van der Waals surface area contributed by atoms with Gasteiger partial charge in [0.25, 0.3) is 11.8 Å². The van der Waals surface area contributed by atoms with E-state index in [4.69, 9.17) is 5.73 Å². The molecule has 1 atom stereocenters. The maximum atomic E-state index is 11.8. The van der Waals surface area contributed by atoms with E-state index in [-0.39, 0.29) is 17.7 Å². The third-order valence-electron chi connectivity index (χ3n) is 3.13. The lowest BCUT2D eigenvalue weighted by Gasteiger charge is -2.10. The second-order valence-electron chi connectivity index (χ2n) is 4.43. The largest absolute Gasteiger partial charge is 0.325 e. The number of anilines is 1. The quantitative estimate of drug-likeness (QED) is 0.779. The van der Waals surface area contributed by atoms with Crippen molar-refractivity contribution in [2.45, 2.75) is 19.4 Å². The van der Waals surface area contributed by atoms with E-state index in [1.54, 1.807) is 6.07 Å². The standard InChI is InChI=1S/C13H15N3O3/c1-3-10(14)11(17)15-7-4-5-8-9(6-7)13(19)16(2)12(8)18/h4-6,10H,3,14H2,1-2H3,(H,15,17)/t10-/m1/s1. The molecule has 1 aromatic rings. The second kappa shape index (κ2) is 4.81. The summed E-state index contributed by atoms with van der Waals surface area (Å²) in [5.41, 5.74) is 6.72. The fourth-order valence-corrected chi connectivity index (χ4v) is 1.86. The lowest BCUT2D eigenvalue weighted by atomic mass is 10.1. The first-order valence-electron chi connectivity index (χ1n) is 5.98. The molecular formula is C13H15N3O3. The van der Waals surface area contributed by atoms with Crippen molar-refractivity contribution in [2.24, 2.45) is 5.73 Å². The van der Waals surface area contributed by atoms with Gasteiger partial charge in [-0.1, -0.05) is 6.92 Å². The van der Waals surface area contributed by atoms with Gasteiger partial charge in [0.15, 0.2) is 0 Å². The predicted molar refractivity (Wildman–Crippen MR) is 69.8 cm³/mol. The van der Waals surface area contributed by atoms with E-state index in [0.717, 1.165) is 4.90 Å². The zero-order valence-corrected chi connectivity index (χ0v) is 10.8. The minimum atomic E-state index is -0.590. The van der Waals surface area contributed by atoms with Gasteiger partial charge < -0.3 is 11.1 Å². The zero-order valence-electron chi connectivity index (χ0n) is 10.8. The average molecular weight is 261 g/mol. The first kappa shape index (κ1) is 13.2. The van der Waals surface area contributed by atoms with E-state index in [1.165, 1.54) is 19.2 Å². The molecule has 1 aliphatic heterocycles. The summed E-state index contributed by atoms with van der Waals surface area (Å²) in [5, 5.41) is 2.63. The van der Waals surface area contributed by atoms with Gasteiger partial charge in [-0.25, -0.2) is 0 Å². The Balaban J connectivity index is 2.26. The topological polar surface area (TPSA) is 92.5 Å². The molecule has 0 saturated carbocycles. The normalized spacial score (nSPS) is 15.4. The minimum absolute atomic E-state index is 0.301. The van der Waals surface area contributed by atoms with Crippen LogP contribution in [0.1, 0.15) is 34.1 Å². The highest BCUT2D eigenvalue weighted by Crippen LogP contribution is 2.24. The van der Waals surface area contributed by atoms with Gasteiger partial charge >= 0.3 is 0 Å². The second-order valence-corrected chi connectivity index (χ2v) is 4.43. The van der Waals surface area contributed by atoms with Gasteiger partial charge in [-0.15, -0.1) is 0 Å². The van der Waals surface area contributed by atoms with Crippen LogP contribution in [0.3, 0.4) is 0 Å². The molecule has 2 rings (SSSR count). The van der Waals surface area contributed by atoms with Crippen molar-refractivity contribution in [3.05, 3.63) is 29.3 Å². The maximum absolute atomic E-state index is 11.8. The Bertz CT molecular complexity index is 568. The summed E-state index contributed by atoms with van der Waals surface area (Å²) in [6.45, 7) is 1.81. The van der Waals surface area contributed by atoms with Crippen molar-refractivity contribution >= 4 is 23.4 Å².